The Kier molecular flexibility index (Phi) is 3.35. The average molecular weight is 256 g/mol. The quantitative estimate of drug-likeness (QED) is 0.664. The van der Waals surface area contributed by atoms with Crippen LogP contribution in [0.15, 0.2) is 24.3 Å². The van der Waals surface area contributed by atoms with Crippen LogP contribution in [0.4, 0.5) is 0 Å². The van der Waals surface area contributed by atoms with Gasteiger partial charge in [-0.2, -0.15) is 0 Å². The first-order valence-electron chi connectivity index (χ1n) is 5.60. The van der Waals surface area contributed by atoms with Gasteiger partial charge in [-0.25, -0.2) is 0 Å². The molecule has 0 amide bonds. The van der Waals surface area contributed by atoms with E-state index in [4.69, 9.17) is 11.6 Å². The highest BCUT2D eigenvalue weighted by Gasteiger charge is 2.46. The number of aliphatic hydroxyl groups is 1. The van der Waals surface area contributed by atoms with E-state index in [0.29, 0.717) is 5.02 Å². The van der Waals surface area contributed by atoms with Crippen LogP contribution in [0, 0.1) is 10.1 Å². The maximum Gasteiger partial charge on any atom is 0.230 e. The number of hydrogen-bond donors (Lipinski definition) is 1. The lowest BCUT2D eigenvalue weighted by Crippen LogP contribution is -2.48. The standard InChI is InChI=1S/C12H14ClNO3/c13-10-4-2-9(3-5-10)12(6-1-7-12)11(15)8-14(16)17/h2-5,11,15H,1,6-8H2/t11-/m0/s1. The molecule has 1 N–H and O–H groups in total. The van der Waals surface area contributed by atoms with Crippen molar-refractivity contribution >= 4 is 11.6 Å². The SMILES string of the molecule is O=[N+]([O-])C[C@H](O)C1(c2ccc(Cl)cc2)CCC1. The van der Waals surface area contributed by atoms with Gasteiger partial charge in [0.2, 0.25) is 6.54 Å². The number of halogens is 1. The molecular weight excluding hydrogens is 242 g/mol. The van der Waals surface area contributed by atoms with Gasteiger partial charge in [0.05, 0.1) is 0 Å². The lowest BCUT2D eigenvalue weighted by Gasteiger charge is -2.44. The van der Waals surface area contributed by atoms with Gasteiger partial charge in [-0.1, -0.05) is 30.2 Å². The van der Waals surface area contributed by atoms with Crippen LogP contribution in [0.25, 0.3) is 0 Å². The van der Waals surface area contributed by atoms with E-state index in [1.54, 1.807) is 12.1 Å². The maximum absolute atomic E-state index is 10.5. The third kappa shape index (κ3) is 2.28. The molecular formula is C12H14ClNO3. The number of rotatable bonds is 4. The summed E-state index contributed by atoms with van der Waals surface area (Å²) >= 11 is 5.82. The average Bonchev–Trinajstić information content (AvgIpc) is 2.18. The maximum atomic E-state index is 10.5. The molecule has 2 rings (SSSR count). The van der Waals surface area contributed by atoms with Gasteiger partial charge in [-0.15, -0.1) is 0 Å². The second-order valence-electron chi connectivity index (χ2n) is 4.55. The van der Waals surface area contributed by atoms with Gasteiger partial charge >= 0.3 is 0 Å². The van der Waals surface area contributed by atoms with Gasteiger partial charge in [-0.05, 0) is 30.5 Å². The first-order chi connectivity index (χ1) is 8.04. The Morgan fingerprint density at radius 3 is 2.41 bits per heavy atom. The molecule has 0 aliphatic heterocycles. The summed E-state index contributed by atoms with van der Waals surface area (Å²) < 4.78 is 0. The van der Waals surface area contributed by atoms with Gasteiger partial charge < -0.3 is 5.11 Å². The molecule has 0 saturated heterocycles. The fraction of sp³-hybridized carbons (Fsp3) is 0.500. The van der Waals surface area contributed by atoms with E-state index in [1.807, 2.05) is 12.1 Å². The minimum absolute atomic E-state index is 0.400. The van der Waals surface area contributed by atoms with Gasteiger partial charge in [0.1, 0.15) is 6.10 Å². The van der Waals surface area contributed by atoms with E-state index in [1.165, 1.54) is 0 Å². The van der Waals surface area contributed by atoms with Crippen LogP contribution in [0.1, 0.15) is 24.8 Å². The van der Waals surface area contributed by atoms with E-state index < -0.39 is 23.0 Å². The molecule has 1 fully saturated rings. The summed E-state index contributed by atoms with van der Waals surface area (Å²) in [7, 11) is 0. The Labute approximate surface area is 104 Å². The van der Waals surface area contributed by atoms with Crippen molar-refractivity contribution in [3.63, 3.8) is 0 Å². The Morgan fingerprint density at radius 1 is 1.41 bits per heavy atom. The number of nitrogens with zero attached hydrogens (tertiary/aromatic N) is 1. The number of aliphatic hydroxyl groups excluding tert-OH is 1. The van der Waals surface area contributed by atoms with Gasteiger partial charge in [0.15, 0.2) is 0 Å². The van der Waals surface area contributed by atoms with E-state index in [0.717, 1.165) is 24.8 Å². The molecule has 1 atom stereocenters. The Bertz CT molecular complexity index is 414. The van der Waals surface area contributed by atoms with E-state index in [2.05, 4.69) is 0 Å². The summed E-state index contributed by atoms with van der Waals surface area (Å²) in [6.07, 6.45) is 1.66. The second kappa shape index (κ2) is 4.63. The van der Waals surface area contributed by atoms with Crippen LogP contribution in [-0.2, 0) is 5.41 Å². The fourth-order valence-electron chi connectivity index (χ4n) is 2.47. The summed E-state index contributed by atoms with van der Waals surface area (Å²) in [5, 5.41) is 21.2. The summed E-state index contributed by atoms with van der Waals surface area (Å²) in [4.78, 5) is 10.0. The van der Waals surface area contributed by atoms with Crippen molar-refractivity contribution < 1.29 is 10.0 Å². The monoisotopic (exact) mass is 255 g/mol. The van der Waals surface area contributed by atoms with Gasteiger partial charge in [0, 0.05) is 15.4 Å². The molecule has 1 aromatic rings. The Morgan fingerprint density at radius 2 is 2.00 bits per heavy atom. The Hall–Kier alpha value is -1.13. The highest BCUT2D eigenvalue weighted by molar-refractivity contribution is 6.30. The molecule has 1 aliphatic carbocycles. The lowest BCUT2D eigenvalue weighted by molar-refractivity contribution is -0.493. The molecule has 0 aromatic heterocycles. The molecule has 0 heterocycles. The Balaban J connectivity index is 2.24. The zero-order valence-electron chi connectivity index (χ0n) is 9.30. The van der Waals surface area contributed by atoms with Gasteiger partial charge in [-0.3, -0.25) is 10.1 Å². The molecule has 0 spiro atoms. The van der Waals surface area contributed by atoms with Crippen molar-refractivity contribution in [1.82, 2.24) is 0 Å². The van der Waals surface area contributed by atoms with Crippen LogP contribution in [0.3, 0.4) is 0 Å². The highest BCUT2D eigenvalue weighted by atomic mass is 35.5. The van der Waals surface area contributed by atoms with E-state index >= 15 is 0 Å². The summed E-state index contributed by atoms with van der Waals surface area (Å²) in [5.41, 5.74) is 0.500. The zero-order valence-corrected chi connectivity index (χ0v) is 10.1. The van der Waals surface area contributed by atoms with Crippen LogP contribution in [-0.4, -0.2) is 22.7 Å². The summed E-state index contributed by atoms with van der Waals surface area (Å²) in [6.45, 7) is -0.400. The molecule has 1 aliphatic rings. The van der Waals surface area contributed by atoms with Crippen molar-refractivity contribution in [3.05, 3.63) is 45.0 Å². The van der Waals surface area contributed by atoms with Crippen molar-refractivity contribution in [2.24, 2.45) is 0 Å². The highest BCUT2D eigenvalue weighted by Crippen LogP contribution is 2.46. The molecule has 92 valence electrons. The predicted molar refractivity (Wildman–Crippen MR) is 64.8 cm³/mol. The summed E-state index contributed by atoms with van der Waals surface area (Å²) in [6, 6.07) is 7.22. The summed E-state index contributed by atoms with van der Waals surface area (Å²) in [5.74, 6) is 0. The van der Waals surface area contributed by atoms with Crippen LogP contribution < -0.4 is 0 Å². The van der Waals surface area contributed by atoms with Crippen molar-refractivity contribution in [2.75, 3.05) is 6.54 Å². The normalized spacial score (nSPS) is 19.4. The number of nitro groups is 1. The lowest BCUT2D eigenvalue weighted by atomic mass is 9.61. The van der Waals surface area contributed by atoms with E-state index in [9.17, 15) is 15.2 Å². The molecule has 0 radical (unpaired) electrons. The van der Waals surface area contributed by atoms with Gasteiger partial charge in [0.25, 0.3) is 0 Å². The molecule has 5 heteroatoms. The third-order valence-electron chi connectivity index (χ3n) is 3.62. The molecule has 0 unspecified atom stereocenters. The number of benzene rings is 1. The first kappa shape index (κ1) is 12.3. The predicted octanol–water partition coefficient (Wildman–Crippen LogP) is 2.40. The first-order valence-corrected chi connectivity index (χ1v) is 5.98. The van der Waals surface area contributed by atoms with Crippen LogP contribution in [0.5, 0.6) is 0 Å². The molecule has 17 heavy (non-hydrogen) atoms. The fourth-order valence-corrected chi connectivity index (χ4v) is 2.60. The van der Waals surface area contributed by atoms with Crippen LogP contribution in [0.2, 0.25) is 5.02 Å². The van der Waals surface area contributed by atoms with Crippen molar-refractivity contribution in [2.45, 2.75) is 30.8 Å². The molecule has 0 bridgehead atoms. The largest absolute Gasteiger partial charge is 0.385 e. The van der Waals surface area contributed by atoms with Crippen molar-refractivity contribution in [3.8, 4) is 0 Å². The second-order valence-corrected chi connectivity index (χ2v) is 4.98. The molecule has 4 nitrogen and oxygen atoms in total. The third-order valence-corrected chi connectivity index (χ3v) is 3.88. The molecule has 1 aromatic carbocycles. The number of hydrogen-bond acceptors (Lipinski definition) is 3. The topological polar surface area (TPSA) is 63.4 Å². The smallest absolute Gasteiger partial charge is 0.230 e. The minimum atomic E-state index is -0.924. The zero-order chi connectivity index (χ0) is 12.5. The van der Waals surface area contributed by atoms with Crippen molar-refractivity contribution in [1.29, 1.82) is 0 Å². The molecule has 1 saturated carbocycles. The van der Waals surface area contributed by atoms with E-state index in [-0.39, 0.29) is 0 Å². The minimum Gasteiger partial charge on any atom is -0.385 e. The van der Waals surface area contributed by atoms with Crippen LogP contribution >= 0.6 is 11.6 Å².